The van der Waals surface area contributed by atoms with Crippen LogP contribution < -0.4 is 10.9 Å². The lowest BCUT2D eigenvalue weighted by molar-refractivity contribution is -0.384. The molecule has 0 radical (unpaired) electrons. The molecule has 0 spiro atoms. The smallest absolute Gasteiger partial charge is 0.300 e. The summed E-state index contributed by atoms with van der Waals surface area (Å²) in [6.45, 7) is 2.54. The number of hydrogen-bond acceptors (Lipinski definition) is 5. The summed E-state index contributed by atoms with van der Waals surface area (Å²) in [4.78, 5) is 13.8. The van der Waals surface area contributed by atoms with Gasteiger partial charge in [-0.15, -0.1) is 0 Å². The van der Waals surface area contributed by atoms with Crippen LogP contribution in [0, 0.1) is 10.1 Å². The highest BCUT2D eigenvalue weighted by atomic mass is 16.6. The first-order valence-corrected chi connectivity index (χ1v) is 3.84. The lowest BCUT2D eigenvalue weighted by atomic mass is 10.4. The molecule has 70 valence electrons. The average Bonchev–Trinajstić information content (AvgIpc) is 2.15. The number of pyridine rings is 1. The van der Waals surface area contributed by atoms with Crippen molar-refractivity contribution >= 4 is 11.5 Å². The van der Waals surface area contributed by atoms with Gasteiger partial charge in [0.05, 0.1) is 4.92 Å². The Balaban J connectivity index is 2.84. The summed E-state index contributed by atoms with van der Waals surface area (Å²) in [7, 11) is 0. The van der Waals surface area contributed by atoms with Crippen LogP contribution in [0.1, 0.15) is 6.92 Å². The predicted molar refractivity (Wildman–Crippen MR) is 48.2 cm³/mol. The van der Waals surface area contributed by atoms with Crippen molar-refractivity contribution in [3.8, 4) is 0 Å². The Morgan fingerprint density at radius 2 is 2.46 bits per heavy atom. The highest BCUT2D eigenvalue weighted by Gasteiger charge is 2.12. The molecule has 13 heavy (non-hydrogen) atoms. The van der Waals surface area contributed by atoms with Crippen molar-refractivity contribution in [3.05, 3.63) is 28.4 Å². The third-order valence-electron chi connectivity index (χ3n) is 1.37. The topological polar surface area (TPSA) is 80.1 Å². The number of hydrazine groups is 1. The summed E-state index contributed by atoms with van der Waals surface area (Å²) in [6, 6.07) is 2.92. The lowest BCUT2D eigenvalue weighted by Gasteiger charge is -2.04. The molecular formula is C7H10N4O2. The van der Waals surface area contributed by atoms with Crippen molar-refractivity contribution in [3.63, 3.8) is 0 Å². The predicted octanol–water partition coefficient (Wildman–Crippen LogP) is 0.926. The molecule has 1 aromatic heterocycles. The van der Waals surface area contributed by atoms with Crippen LogP contribution in [-0.2, 0) is 0 Å². The molecule has 0 aliphatic heterocycles. The zero-order chi connectivity index (χ0) is 9.68. The molecule has 0 saturated carbocycles. The summed E-state index contributed by atoms with van der Waals surface area (Å²) in [5, 5.41) is 10.5. The van der Waals surface area contributed by atoms with E-state index in [2.05, 4.69) is 15.8 Å². The second-order valence-electron chi connectivity index (χ2n) is 2.28. The first-order chi connectivity index (χ1) is 6.25. The van der Waals surface area contributed by atoms with Gasteiger partial charge >= 0.3 is 5.69 Å². The van der Waals surface area contributed by atoms with E-state index in [4.69, 9.17) is 0 Å². The Kier molecular flexibility index (Phi) is 3.15. The van der Waals surface area contributed by atoms with Gasteiger partial charge in [-0.25, -0.2) is 10.4 Å². The van der Waals surface area contributed by atoms with Gasteiger partial charge in [0.15, 0.2) is 0 Å². The molecule has 0 bridgehead atoms. The molecule has 0 fully saturated rings. The van der Waals surface area contributed by atoms with Crippen LogP contribution in [-0.4, -0.2) is 16.5 Å². The van der Waals surface area contributed by atoms with E-state index < -0.39 is 4.92 Å². The average molecular weight is 182 g/mol. The molecule has 1 aromatic rings. The molecule has 0 aliphatic carbocycles. The Hall–Kier alpha value is -1.69. The molecular weight excluding hydrogens is 172 g/mol. The Labute approximate surface area is 75.1 Å². The highest BCUT2D eigenvalue weighted by molar-refractivity contribution is 5.54. The quantitative estimate of drug-likeness (QED) is 0.534. The zero-order valence-corrected chi connectivity index (χ0v) is 7.15. The molecule has 6 heteroatoms. The first kappa shape index (κ1) is 9.40. The van der Waals surface area contributed by atoms with Gasteiger partial charge in [-0.3, -0.25) is 10.1 Å². The molecule has 0 aromatic carbocycles. The zero-order valence-electron chi connectivity index (χ0n) is 7.15. The van der Waals surface area contributed by atoms with E-state index in [1.54, 1.807) is 0 Å². The maximum Gasteiger partial charge on any atom is 0.312 e. The van der Waals surface area contributed by atoms with Crippen molar-refractivity contribution in [2.75, 3.05) is 12.0 Å². The monoisotopic (exact) mass is 182 g/mol. The molecule has 6 nitrogen and oxygen atoms in total. The van der Waals surface area contributed by atoms with Gasteiger partial charge in [0.2, 0.25) is 5.82 Å². The molecule has 0 aliphatic rings. The molecule has 0 unspecified atom stereocenters. The number of hydrogen-bond donors (Lipinski definition) is 2. The van der Waals surface area contributed by atoms with E-state index >= 15 is 0 Å². The van der Waals surface area contributed by atoms with Crippen LogP contribution in [0.4, 0.5) is 11.5 Å². The van der Waals surface area contributed by atoms with Crippen LogP contribution in [0.25, 0.3) is 0 Å². The van der Waals surface area contributed by atoms with Crippen molar-refractivity contribution in [1.29, 1.82) is 0 Å². The summed E-state index contributed by atoms with van der Waals surface area (Å²) in [6.07, 6.45) is 1.49. The Morgan fingerprint density at radius 1 is 1.69 bits per heavy atom. The second kappa shape index (κ2) is 4.36. The van der Waals surface area contributed by atoms with Crippen LogP contribution in [0.5, 0.6) is 0 Å². The fourth-order valence-electron chi connectivity index (χ4n) is 0.813. The normalized spacial score (nSPS) is 9.62. The maximum absolute atomic E-state index is 10.5. The van der Waals surface area contributed by atoms with Gasteiger partial charge < -0.3 is 5.43 Å². The van der Waals surface area contributed by atoms with Crippen LogP contribution >= 0.6 is 0 Å². The van der Waals surface area contributed by atoms with Crippen molar-refractivity contribution in [2.24, 2.45) is 0 Å². The number of nitrogens with one attached hydrogen (secondary N) is 2. The van der Waals surface area contributed by atoms with E-state index in [0.717, 1.165) is 0 Å². The SMILES string of the molecule is CCNNc1ncccc1[N+](=O)[O-]. The van der Waals surface area contributed by atoms with E-state index in [9.17, 15) is 10.1 Å². The molecule has 1 rings (SSSR count). The molecule has 0 saturated heterocycles. The molecule has 1 heterocycles. The van der Waals surface area contributed by atoms with Gasteiger partial charge in [-0.05, 0) is 6.07 Å². The Bertz CT molecular complexity index is 302. The van der Waals surface area contributed by atoms with Crippen molar-refractivity contribution in [1.82, 2.24) is 10.4 Å². The van der Waals surface area contributed by atoms with Crippen LogP contribution in [0.2, 0.25) is 0 Å². The van der Waals surface area contributed by atoms with E-state index in [1.165, 1.54) is 18.3 Å². The summed E-state index contributed by atoms with van der Waals surface area (Å²) < 4.78 is 0. The summed E-state index contributed by atoms with van der Waals surface area (Å²) in [5.74, 6) is 0.231. The first-order valence-electron chi connectivity index (χ1n) is 3.84. The number of rotatable bonds is 4. The van der Waals surface area contributed by atoms with Gasteiger partial charge in [-0.2, -0.15) is 0 Å². The van der Waals surface area contributed by atoms with Gasteiger partial charge in [0, 0.05) is 18.8 Å². The third-order valence-corrected chi connectivity index (χ3v) is 1.37. The summed E-state index contributed by atoms with van der Waals surface area (Å²) in [5.41, 5.74) is 5.35. The minimum absolute atomic E-state index is 0.0385. The number of aromatic nitrogens is 1. The lowest BCUT2D eigenvalue weighted by Crippen LogP contribution is -2.22. The fraction of sp³-hybridized carbons (Fsp3) is 0.286. The van der Waals surface area contributed by atoms with Crippen LogP contribution in [0.15, 0.2) is 18.3 Å². The number of anilines is 1. The number of nitro groups is 1. The standard InChI is InChI=1S/C7H10N4O2/c1-2-9-10-7-6(11(12)13)4-3-5-8-7/h3-5,9H,2H2,1H3,(H,8,10). The summed E-state index contributed by atoms with van der Waals surface area (Å²) >= 11 is 0. The van der Waals surface area contributed by atoms with Crippen molar-refractivity contribution in [2.45, 2.75) is 6.92 Å². The van der Waals surface area contributed by atoms with Gasteiger partial charge in [0.1, 0.15) is 0 Å². The minimum Gasteiger partial charge on any atom is -0.300 e. The molecule has 2 N–H and O–H groups in total. The number of nitrogens with zero attached hydrogens (tertiary/aromatic N) is 2. The van der Waals surface area contributed by atoms with E-state index in [0.29, 0.717) is 6.54 Å². The largest absolute Gasteiger partial charge is 0.312 e. The highest BCUT2D eigenvalue weighted by Crippen LogP contribution is 2.18. The maximum atomic E-state index is 10.5. The second-order valence-corrected chi connectivity index (χ2v) is 2.28. The Morgan fingerprint density at radius 3 is 3.08 bits per heavy atom. The van der Waals surface area contributed by atoms with Crippen molar-refractivity contribution < 1.29 is 4.92 Å². The van der Waals surface area contributed by atoms with Gasteiger partial charge in [-0.1, -0.05) is 6.92 Å². The van der Waals surface area contributed by atoms with E-state index in [1.807, 2.05) is 6.92 Å². The fourth-order valence-corrected chi connectivity index (χ4v) is 0.813. The van der Waals surface area contributed by atoms with Crippen LogP contribution in [0.3, 0.4) is 0 Å². The van der Waals surface area contributed by atoms with E-state index in [-0.39, 0.29) is 11.5 Å². The molecule has 0 amide bonds. The van der Waals surface area contributed by atoms with Gasteiger partial charge in [0.25, 0.3) is 0 Å². The molecule has 0 atom stereocenters. The third kappa shape index (κ3) is 2.38. The minimum atomic E-state index is -0.479.